The summed E-state index contributed by atoms with van der Waals surface area (Å²) in [6.45, 7) is 4.65. The van der Waals surface area contributed by atoms with Crippen LogP contribution in [0.4, 0.5) is 5.69 Å². The molecule has 0 radical (unpaired) electrons. The first kappa shape index (κ1) is 14.7. The van der Waals surface area contributed by atoms with Gasteiger partial charge in [-0.25, -0.2) is 0 Å². The lowest BCUT2D eigenvalue weighted by Gasteiger charge is -2.24. The lowest BCUT2D eigenvalue weighted by molar-refractivity contribution is 0.411. The van der Waals surface area contributed by atoms with Crippen molar-refractivity contribution in [3.8, 4) is 11.8 Å². The summed E-state index contributed by atoms with van der Waals surface area (Å²) in [5.74, 6) is 0.827. The van der Waals surface area contributed by atoms with Crippen molar-refractivity contribution in [1.29, 1.82) is 5.26 Å². The Kier molecular flexibility index (Phi) is 5.30. The molecular weight excluding hydrogens is 248 g/mol. The molecule has 0 spiro atoms. The number of aryl methyl sites for hydroxylation is 1. The minimum atomic E-state index is 0.0130. The second-order valence-corrected chi connectivity index (χ2v) is 4.83. The maximum atomic E-state index is 9.02. The van der Waals surface area contributed by atoms with Crippen LogP contribution in [-0.4, -0.2) is 20.7 Å². The highest BCUT2D eigenvalue weighted by molar-refractivity contribution is 6.31. The Bertz CT molecular complexity index is 454. The predicted octanol–water partition coefficient (Wildman–Crippen LogP) is 3.64. The van der Waals surface area contributed by atoms with E-state index in [-0.39, 0.29) is 5.92 Å². The topological polar surface area (TPSA) is 36.3 Å². The van der Waals surface area contributed by atoms with Crippen molar-refractivity contribution in [1.82, 2.24) is 0 Å². The molecule has 1 atom stereocenters. The third kappa shape index (κ3) is 3.30. The quantitative estimate of drug-likeness (QED) is 0.816. The van der Waals surface area contributed by atoms with E-state index >= 15 is 0 Å². The Hall–Kier alpha value is -1.40. The summed E-state index contributed by atoms with van der Waals surface area (Å²) in [5, 5.41) is 9.70. The van der Waals surface area contributed by atoms with Crippen LogP contribution in [0.25, 0.3) is 0 Å². The molecule has 0 aliphatic rings. The first-order valence-electron chi connectivity index (χ1n) is 5.98. The molecule has 1 unspecified atom stereocenters. The van der Waals surface area contributed by atoms with Crippen LogP contribution < -0.4 is 9.64 Å². The zero-order chi connectivity index (χ0) is 13.7. The van der Waals surface area contributed by atoms with Crippen LogP contribution >= 0.6 is 11.6 Å². The van der Waals surface area contributed by atoms with Gasteiger partial charge in [0.1, 0.15) is 5.75 Å². The van der Waals surface area contributed by atoms with Gasteiger partial charge in [-0.05, 0) is 31.0 Å². The van der Waals surface area contributed by atoms with Crippen molar-refractivity contribution in [3.05, 3.63) is 22.7 Å². The molecule has 0 saturated carbocycles. The maximum absolute atomic E-state index is 9.02. The molecule has 4 heteroatoms. The van der Waals surface area contributed by atoms with Crippen molar-refractivity contribution in [2.45, 2.75) is 20.3 Å². The van der Waals surface area contributed by atoms with Gasteiger partial charge in [-0.1, -0.05) is 18.5 Å². The summed E-state index contributed by atoms with van der Waals surface area (Å²) >= 11 is 6.08. The van der Waals surface area contributed by atoms with E-state index in [0.29, 0.717) is 11.6 Å². The molecule has 0 aliphatic carbocycles. The number of methoxy groups -OCH3 is 1. The van der Waals surface area contributed by atoms with Crippen LogP contribution in [-0.2, 0) is 0 Å². The van der Waals surface area contributed by atoms with Gasteiger partial charge in [0, 0.05) is 18.6 Å². The third-order valence-electron chi connectivity index (χ3n) is 3.00. The number of benzene rings is 1. The van der Waals surface area contributed by atoms with E-state index in [4.69, 9.17) is 21.6 Å². The molecule has 0 heterocycles. The summed E-state index contributed by atoms with van der Waals surface area (Å²) in [7, 11) is 3.60. The molecule has 0 fully saturated rings. The lowest BCUT2D eigenvalue weighted by atomic mass is 10.1. The molecule has 0 N–H and O–H groups in total. The van der Waals surface area contributed by atoms with Crippen LogP contribution in [0.3, 0.4) is 0 Å². The van der Waals surface area contributed by atoms with E-state index in [0.717, 1.165) is 23.4 Å². The SMILES string of the molecule is CCC(C#N)CN(C)c1cc(Cl)cc(C)c1OC. The van der Waals surface area contributed by atoms with E-state index in [9.17, 15) is 0 Å². The summed E-state index contributed by atoms with van der Waals surface area (Å²) in [5.41, 5.74) is 1.92. The van der Waals surface area contributed by atoms with Gasteiger partial charge in [-0.15, -0.1) is 0 Å². The van der Waals surface area contributed by atoms with Crippen molar-refractivity contribution in [2.75, 3.05) is 25.6 Å². The molecule has 18 heavy (non-hydrogen) atoms. The maximum Gasteiger partial charge on any atom is 0.145 e. The van der Waals surface area contributed by atoms with E-state index in [1.807, 2.05) is 37.9 Å². The molecule has 0 aliphatic heterocycles. The Morgan fingerprint density at radius 3 is 2.67 bits per heavy atom. The smallest absolute Gasteiger partial charge is 0.145 e. The monoisotopic (exact) mass is 266 g/mol. The zero-order valence-corrected chi connectivity index (χ0v) is 12.1. The highest BCUT2D eigenvalue weighted by Crippen LogP contribution is 2.34. The molecule has 0 amide bonds. The minimum absolute atomic E-state index is 0.0130. The van der Waals surface area contributed by atoms with Crippen LogP contribution in [0.15, 0.2) is 12.1 Å². The van der Waals surface area contributed by atoms with Crippen LogP contribution in [0.5, 0.6) is 5.75 Å². The molecular formula is C14H19ClN2O. The summed E-state index contributed by atoms with van der Waals surface area (Å²) < 4.78 is 5.42. The van der Waals surface area contributed by atoms with Gasteiger partial charge in [0.2, 0.25) is 0 Å². The summed E-state index contributed by atoms with van der Waals surface area (Å²) in [4.78, 5) is 2.02. The van der Waals surface area contributed by atoms with E-state index < -0.39 is 0 Å². The molecule has 1 aromatic carbocycles. The summed E-state index contributed by atoms with van der Waals surface area (Å²) in [6.07, 6.45) is 0.836. The average Bonchev–Trinajstić information content (AvgIpc) is 2.34. The van der Waals surface area contributed by atoms with Gasteiger partial charge in [0.15, 0.2) is 0 Å². The Morgan fingerprint density at radius 1 is 1.50 bits per heavy atom. The van der Waals surface area contributed by atoms with Crippen molar-refractivity contribution < 1.29 is 4.74 Å². The Labute approximate surface area is 114 Å². The first-order chi connectivity index (χ1) is 8.53. The van der Waals surface area contributed by atoms with E-state index in [1.165, 1.54) is 0 Å². The Balaban J connectivity index is 3.05. The number of nitriles is 1. The minimum Gasteiger partial charge on any atom is -0.494 e. The number of hydrogen-bond donors (Lipinski definition) is 0. The van der Waals surface area contributed by atoms with Crippen molar-refractivity contribution >= 4 is 17.3 Å². The second-order valence-electron chi connectivity index (χ2n) is 4.39. The van der Waals surface area contributed by atoms with Crippen LogP contribution in [0.2, 0.25) is 5.02 Å². The van der Waals surface area contributed by atoms with Gasteiger partial charge in [-0.3, -0.25) is 0 Å². The molecule has 1 aromatic rings. The fraction of sp³-hybridized carbons (Fsp3) is 0.500. The molecule has 0 saturated heterocycles. The summed E-state index contributed by atoms with van der Waals surface area (Å²) in [6, 6.07) is 6.05. The largest absolute Gasteiger partial charge is 0.494 e. The lowest BCUT2D eigenvalue weighted by Crippen LogP contribution is -2.25. The number of anilines is 1. The van der Waals surface area contributed by atoms with Crippen molar-refractivity contribution in [2.24, 2.45) is 5.92 Å². The molecule has 1 rings (SSSR count). The number of ether oxygens (including phenoxy) is 1. The second kappa shape index (κ2) is 6.51. The Morgan fingerprint density at radius 2 is 2.17 bits per heavy atom. The standard InChI is InChI=1S/C14H19ClN2O/c1-5-11(8-16)9-17(3)13-7-12(15)6-10(2)14(13)18-4/h6-7,11H,5,9H2,1-4H3. The molecule has 3 nitrogen and oxygen atoms in total. The van der Waals surface area contributed by atoms with E-state index in [2.05, 4.69) is 6.07 Å². The van der Waals surface area contributed by atoms with Gasteiger partial charge < -0.3 is 9.64 Å². The number of rotatable bonds is 5. The fourth-order valence-electron chi connectivity index (χ4n) is 1.95. The average molecular weight is 267 g/mol. The number of halogens is 1. The van der Waals surface area contributed by atoms with E-state index in [1.54, 1.807) is 7.11 Å². The molecule has 0 aromatic heterocycles. The molecule has 0 bridgehead atoms. The first-order valence-corrected chi connectivity index (χ1v) is 6.36. The zero-order valence-electron chi connectivity index (χ0n) is 11.3. The van der Waals surface area contributed by atoms with Crippen LogP contribution in [0.1, 0.15) is 18.9 Å². The van der Waals surface area contributed by atoms with Gasteiger partial charge in [0.05, 0.1) is 24.8 Å². The van der Waals surface area contributed by atoms with Gasteiger partial charge >= 0.3 is 0 Å². The number of nitrogens with zero attached hydrogens (tertiary/aromatic N) is 2. The normalized spacial score (nSPS) is 11.8. The highest BCUT2D eigenvalue weighted by Gasteiger charge is 2.15. The molecule has 98 valence electrons. The highest BCUT2D eigenvalue weighted by atomic mass is 35.5. The van der Waals surface area contributed by atoms with Gasteiger partial charge in [0.25, 0.3) is 0 Å². The number of hydrogen-bond acceptors (Lipinski definition) is 3. The fourth-order valence-corrected chi connectivity index (χ4v) is 2.22. The predicted molar refractivity (Wildman–Crippen MR) is 75.4 cm³/mol. The van der Waals surface area contributed by atoms with Crippen molar-refractivity contribution in [3.63, 3.8) is 0 Å². The van der Waals surface area contributed by atoms with Gasteiger partial charge in [-0.2, -0.15) is 5.26 Å². The van der Waals surface area contributed by atoms with Crippen LogP contribution in [0, 0.1) is 24.2 Å². The third-order valence-corrected chi connectivity index (χ3v) is 3.22.